The van der Waals surface area contributed by atoms with Crippen LogP contribution in [0.1, 0.15) is 37.3 Å². The molecule has 146 valence electrons. The third-order valence-electron chi connectivity index (χ3n) is 5.17. The fourth-order valence-electron chi connectivity index (χ4n) is 3.94. The molecule has 2 aromatic carbocycles. The summed E-state index contributed by atoms with van der Waals surface area (Å²) in [6.45, 7) is 4.80. The zero-order chi connectivity index (χ0) is 19.7. The van der Waals surface area contributed by atoms with Crippen molar-refractivity contribution in [3.63, 3.8) is 0 Å². The zero-order valence-corrected chi connectivity index (χ0v) is 16.6. The smallest absolute Gasteiger partial charge is 0.161 e. The van der Waals surface area contributed by atoms with Gasteiger partial charge in [0, 0.05) is 28.8 Å². The van der Waals surface area contributed by atoms with Gasteiger partial charge in [-0.15, -0.1) is 0 Å². The van der Waals surface area contributed by atoms with Crippen molar-refractivity contribution in [1.82, 2.24) is 10.2 Å². The van der Waals surface area contributed by atoms with Gasteiger partial charge in [-0.2, -0.15) is 5.10 Å². The van der Waals surface area contributed by atoms with Crippen LogP contribution in [0.3, 0.4) is 0 Å². The molecular weight excluding hydrogens is 354 g/mol. The summed E-state index contributed by atoms with van der Waals surface area (Å²) in [7, 11) is 3.32. The third-order valence-corrected chi connectivity index (χ3v) is 5.17. The van der Waals surface area contributed by atoms with Crippen molar-refractivity contribution in [2.75, 3.05) is 26.1 Å². The van der Waals surface area contributed by atoms with E-state index in [1.54, 1.807) is 14.2 Å². The molecule has 3 aromatic rings. The van der Waals surface area contributed by atoms with Gasteiger partial charge in [0.25, 0.3) is 0 Å². The lowest BCUT2D eigenvalue weighted by Gasteiger charge is -2.15. The number of H-pyrrole nitrogens is 1. The number of nitrogens with zero attached hydrogens (tertiary/aromatic N) is 1. The molecule has 0 spiro atoms. The summed E-state index contributed by atoms with van der Waals surface area (Å²) in [5.41, 5.74) is 5.50. The summed E-state index contributed by atoms with van der Waals surface area (Å²) >= 11 is 0. The molecule has 0 aliphatic heterocycles. The topological polar surface area (TPSA) is 68.4 Å². The fraction of sp³-hybridized carbons (Fsp3) is 0.318. The first-order chi connectivity index (χ1) is 13.7. The molecule has 6 heteroatoms. The molecule has 0 saturated carbocycles. The largest absolute Gasteiger partial charge is 0.494 e. The van der Waals surface area contributed by atoms with Crippen molar-refractivity contribution in [1.29, 1.82) is 0 Å². The number of fused-ring (bicyclic) bond motifs is 3. The summed E-state index contributed by atoms with van der Waals surface area (Å²) < 4.78 is 16.6. The molecule has 0 fully saturated rings. The van der Waals surface area contributed by atoms with Gasteiger partial charge in [-0.1, -0.05) is 13.0 Å². The van der Waals surface area contributed by atoms with E-state index in [-0.39, 0.29) is 5.92 Å². The minimum Gasteiger partial charge on any atom is -0.494 e. The highest BCUT2D eigenvalue weighted by Crippen LogP contribution is 2.51. The summed E-state index contributed by atoms with van der Waals surface area (Å²) in [5.74, 6) is 3.38. The van der Waals surface area contributed by atoms with Gasteiger partial charge < -0.3 is 19.5 Å². The predicted octanol–water partition coefficient (Wildman–Crippen LogP) is 5.09. The van der Waals surface area contributed by atoms with E-state index < -0.39 is 0 Å². The Morgan fingerprint density at radius 2 is 1.86 bits per heavy atom. The first-order valence-corrected chi connectivity index (χ1v) is 9.54. The lowest BCUT2D eigenvalue weighted by molar-refractivity contribution is 0.340. The van der Waals surface area contributed by atoms with E-state index >= 15 is 0 Å². The van der Waals surface area contributed by atoms with E-state index in [4.69, 9.17) is 14.2 Å². The van der Waals surface area contributed by atoms with Crippen LogP contribution in [0.2, 0.25) is 0 Å². The number of nitrogens with one attached hydrogen (secondary N) is 2. The Morgan fingerprint density at radius 3 is 2.57 bits per heavy atom. The lowest BCUT2D eigenvalue weighted by atomic mass is 9.94. The van der Waals surface area contributed by atoms with Crippen LogP contribution in [-0.2, 0) is 0 Å². The minimum atomic E-state index is 0.237. The normalized spacial score (nSPS) is 14.4. The Morgan fingerprint density at radius 1 is 1.07 bits per heavy atom. The van der Waals surface area contributed by atoms with E-state index in [0.29, 0.717) is 6.61 Å². The van der Waals surface area contributed by atoms with Gasteiger partial charge in [0.2, 0.25) is 0 Å². The van der Waals surface area contributed by atoms with E-state index in [1.165, 1.54) is 11.1 Å². The van der Waals surface area contributed by atoms with Gasteiger partial charge in [-0.3, -0.25) is 5.10 Å². The van der Waals surface area contributed by atoms with Gasteiger partial charge in [0.05, 0.1) is 26.5 Å². The Kier molecular flexibility index (Phi) is 4.86. The van der Waals surface area contributed by atoms with Crippen molar-refractivity contribution < 1.29 is 14.2 Å². The molecule has 2 N–H and O–H groups in total. The summed E-state index contributed by atoms with van der Waals surface area (Å²) in [5, 5.41) is 11.2. The molecule has 0 radical (unpaired) electrons. The highest BCUT2D eigenvalue weighted by Gasteiger charge is 2.34. The van der Waals surface area contributed by atoms with Crippen LogP contribution in [0.5, 0.6) is 17.2 Å². The lowest BCUT2D eigenvalue weighted by Crippen LogP contribution is -2.01. The minimum absolute atomic E-state index is 0.237. The molecule has 28 heavy (non-hydrogen) atoms. The quantitative estimate of drug-likeness (QED) is 0.598. The molecule has 1 aliphatic carbocycles. The average molecular weight is 379 g/mol. The van der Waals surface area contributed by atoms with Crippen LogP contribution in [-0.4, -0.2) is 31.0 Å². The maximum absolute atomic E-state index is 5.61. The molecule has 6 nitrogen and oxygen atoms in total. The highest BCUT2D eigenvalue weighted by molar-refractivity contribution is 5.83. The standard InChI is InChI=1S/C22H25N3O3/c1-5-15-16-11-18(26-3)19(27-4)12-17(16)21-20(15)22(25-24-21)23-13-8-7-9-14(10-13)28-6-2/h7-12,15H,5-6H2,1-4H3,(H2,23,24,25)/t15-/m1/s1. The monoisotopic (exact) mass is 379 g/mol. The van der Waals surface area contributed by atoms with E-state index in [0.717, 1.165) is 46.4 Å². The number of rotatable bonds is 7. The summed E-state index contributed by atoms with van der Waals surface area (Å²) in [4.78, 5) is 0. The Hall–Kier alpha value is -3.15. The van der Waals surface area contributed by atoms with Crippen LogP contribution < -0.4 is 19.5 Å². The van der Waals surface area contributed by atoms with Crippen molar-refractivity contribution >= 4 is 11.5 Å². The van der Waals surface area contributed by atoms with Crippen molar-refractivity contribution in [2.45, 2.75) is 26.2 Å². The Bertz CT molecular complexity index is 997. The number of aromatic nitrogens is 2. The number of methoxy groups -OCH3 is 2. The van der Waals surface area contributed by atoms with Gasteiger partial charge in [-0.05, 0) is 43.2 Å². The fourth-order valence-corrected chi connectivity index (χ4v) is 3.94. The molecule has 1 aliphatic rings. The first kappa shape index (κ1) is 18.2. The van der Waals surface area contributed by atoms with Crippen LogP contribution in [0, 0.1) is 0 Å². The van der Waals surface area contributed by atoms with Crippen LogP contribution in [0.4, 0.5) is 11.5 Å². The molecular formula is C22H25N3O3. The van der Waals surface area contributed by atoms with Gasteiger partial charge in [0.1, 0.15) is 5.75 Å². The Balaban J connectivity index is 1.74. The molecule has 0 unspecified atom stereocenters. The average Bonchev–Trinajstić information content (AvgIpc) is 3.25. The first-order valence-electron chi connectivity index (χ1n) is 9.54. The number of hydrogen-bond donors (Lipinski definition) is 2. The van der Waals surface area contributed by atoms with Crippen molar-refractivity contribution in [3.05, 3.63) is 47.5 Å². The van der Waals surface area contributed by atoms with E-state index in [9.17, 15) is 0 Å². The third kappa shape index (κ3) is 2.95. The van der Waals surface area contributed by atoms with Crippen LogP contribution in [0.15, 0.2) is 36.4 Å². The summed E-state index contributed by atoms with van der Waals surface area (Å²) in [6.07, 6.45) is 0.961. The highest BCUT2D eigenvalue weighted by atomic mass is 16.5. The van der Waals surface area contributed by atoms with Crippen LogP contribution in [0.25, 0.3) is 11.3 Å². The predicted molar refractivity (Wildman–Crippen MR) is 110 cm³/mol. The second-order valence-electron chi connectivity index (χ2n) is 6.70. The molecule has 0 amide bonds. The van der Waals surface area contributed by atoms with Gasteiger partial charge >= 0.3 is 0 Å². The molecule has 4 rings (SSSR count). The molecule has 0 saturated heterocycles. The molecule has 0 bridgehead atoms. The zero-order valence-electron chi connectivity index (χ0n) is 16.6. The van der Waals surface area contributed by atoms with Crippen molar-refractivity contribution in [2.24, 2.45) is 0 Å². The van der Waals surface area contributed by atoms with Crippen molar-refractivity contribution in [3.8, 4) is 28.5 Å². The van der Waals surface area contributed by atoms with Crippen LogP contribution >= 0.6 is 0 Å². The van der Waals surface area contributed by atoms with E-state index in [2.05, 4.69) is 28.5 Å². The SMILES string of the molecule is CCOc1cccc(Nc2n[nH]c3c2[C@H](CC)c2cc(OC)c(OC)cc2-3)c1. The molecule has 1 aromatic heterocycles. The maximum Gasteiger partial charge on any atom is 0.161 e. The maximum atomic E-state index is 5.61. The number of hydrogen-bond acceptors (Lipinski definition) is 5. The summed E-state index contributed by atoms with van der Waals surface area (Å²) in [6, 6.07) is 12.0. The number of ether oxygens (including phenoxy) is 3. The second-order valence-corrected chi connectivity index (χ2v) is 6.70. The number of aromatic amines is 1. The Labute approximate surface area is 164 Å². The molecule has 1 atom stereocenters. The second kappa shape index (κ2) is 7.46. The van der Waals surface area contributed by atoms with Gasteiger partial charge in [0.15, 0.2) is 17.3 Å². The van der Waals surface area contributed by atoms with Gasteiger partial charge in [-0.25, -0.2) is 0 Å². The molecule has 1 heterocycles. The van der Waals surface area contributed by atoms with E-state index in [1.807, 2.05) is 37.3 Å². The number of benzene rings is 2. The number of anilines is 2.